The van der Waals surface area contributed by atoms with Crippen molar-refractivity contribution in [3.05, 3.63) is 57.8 Å². The topological polar surface area (TPSA) is 38.8 Å². The molecular formula is C19H19BrFNO3. The molecule has 3 rings (SSSR count). The van der Waals surface area contributed by atoms with Gasteiger partial charge in [-0.15, -0.1) is 0 Å². The first-order chi connectivity index (χ1) is 12.0. The molecule has 132 valence electrons. The predicted molar refractivity (Wildman–Crippen MR) is 96.5 cm³/mol. The lowest BCUT2D eigenvalue weighted by Crippen LogP contribution is -2.33. The van der Waals surface area contributed by atoms with Crippen LogP contribution in [0.2, 0.25) is 0 Å². The number of halogens is 2. The molecule has 2 aromatic rings. The van der Waals surface area contributed by atoms with Crippen molar-refractivity contribution < 1.29 is 18.7 Å². The number of nitrogens with zero attached hydrogens (tertiary/aromatic N) is 1. The van der Waals surface area contributed by atoms with Crippen LogP contribution in [0, 0.1) is 5.82 Å². The number of ether oxygens (including phenoxy) is 2. The Hall–Kier alpha value is -2.08. The van der Waals surface area contributed by atoms with Crippen LogP contribution >= 0.6 is 15.9 Å². The average Bonchev–Trinajstić information content (AvgIpc) is 3.43. The van der Waals surface area contributed by atoms with Gasteiger partial charge in [0.2, 0.25) is 0 Å². The van der Waals surface area contributed by atoms with E-state index in [1.807, 2.05) is 12.1 Å². The third-order valence-corrected chi connectivity index (χ3v) is 4.73. The summed E-state index contributed by atoms with van der Waals surface area (Å²) in [5, 5.41) is 0. The molecule has 25 heavy (non-hydrogen) atoms. The van der Waals surface area contributed by atoms with E-state index in [1.54, 1.807) is 31.3 Å². The number of rotatable bonds is 6. The second-order valence-electron chi connectivity index (χ2n) is 5.97. The van der Waals surface area contributed by atoms with E-state index < -0.39 is 5.82 Å². The zero-order valence-electron chi connectivity index (χ0n) is 14.1. The van der Waals surface area contributed by atoms with Crippen LogP contribution < -0.4 is 9.47 Å². The molecule has 6 heteroatoms. The van der Waals surface area contributed by atoms with Gasteiger partial charge in [0.05, 0.1) is 26.3 Å². The standard InChI is InChI=1S/C19H19BrFNO3/c1-24-15-6-8-18(25-2)12(9-15)11-22(14-4-5-14)19(23)16-7-3-13(20)10-17(16)21/h3,6-10,14H,4-5,11H2,1-2H3. The fourth-order valence-electron chi connectivity index (χ4n) is 2.76. The van der Waals surface area contributed by atoms with Crippen molar-refractivity contribution in [1.29, 1.82) is 0 Å². The van der Waals surface area contributed by atoms with Crippen molar-refractivity contribution in [3.63, 3.8) is 0 Å². The number of carbonyl (C=O) groups excluding carboxylic acids is 1. The molecule has 0 bridgehead atoms. The van der Waals surface area contributed by atoms with Gasteiger partial charge < -0.3 is 14.4 Å². The first kappa shape index (κ1) is 17.7. The number of carbonyl (C=O) groups is 1. The molecule has 1 fully saturated rings. The summed E-state index contributed by atoms with van der Waals surface area (Å²) in [6, 6.07) is 10.1. The SMILES string of the molecule is COc1ccc(OC)c(CN(C(=O)c2ccc(Br)cc2F)C2CC2)c1. The molecule has 4 nitrogen and oxygen atoms in total. The smallest absolute Gasteiger partial charge is 0.257 e. The van der Waals surface area contributed by atoms with E-state index in [-0.39, 0.29) is 17.5 Å². The lowest BCUT2D eigenvalue weighted by atomic mass is 10.1. The van der Waals surface area contributed by atoms with Crippen molar-refractivity contribution in [2.75, 3.05) is 14.2 Å². The zero-order valence-corrected chi connectivity index (χ0v) is 15.7. The summed E-state index contributed by atoms with van der Waals surface area (Å²) in [5.74, 6) is 0.532. The summed E-state index contributed by atoms with van der Waals surface area (Å²) >= 11 is 3.22. The summed E-state index contributed by atoms with van der Waals surface area (Å²) in [7, 11) is 3.18. The summed E-state index contributed by atoms with van der Waals surface area (Å²) in [6.07, 6.45) is 1.85. The molecule has 0 spiro atoms. The van der Waals surface area contributed by atoms with Gasteiger partial charge in [-0.25, -0.2) is 4.39 Å². The van der Waals surface area contributed by atoms with E-state index in [4.69, 9.17) is 9.47 Å². The number of benzene rings is 2. The fraction of sp³-hybridized carbons (Fsp3) is 0.316. The zero-order chi connectivity index (χ0) is 18.0. The minimum absolute atomic E-state index is 0.0805. The maximum absolute atomic E-state index is 14.2. The highest BCUT2D eigenvalue weighted by atomic mass is 79.9. The van der Waals surface area contributed by atoms with Crippen LogP contribution in [0.15, 0.2) is 40.9 Å². The Kier molecular flexibility index (Phi) is 5.27. The monoisotopic (exact) mass is 407 g/mol. The third kappa shape index (κ3) is 3.95. The van der Waals surface area contributed by atoms with Gasteiger partial charge in [0.1, 0.15) is 17.3 Å². The number of methoxy groups -OCH3 is 2. The Balaban J connectivity index is 1.91. The Morgan fingerprint density at radius 2 is 1.96 bits per heavy atom. The van der Waals surface area contributed by atoms with Crippen LogP contribution in [0.4, 0.5) is 4.39 Å². The fourth-order valence-corrected chi connectivity index (χ4v) is 3.09. The number of amides is 1. The largest absolute Gasteiger partial charge is 0.497 e. The van der Waals surface area contributed by atoms with E-state index in [2.05, 4.69) is 15.9 Å². The maximum atomic E-state index is 14.2. The van der Waals surface area contributed by atoms with Crippen LogP contribution in [0.3, 0.4) is 0 Å². The second-order valence-corrected chi connectivity index (χ2v) is 6.88. The van der Waals surface area contributed by atoms with Crippen molar-refractivity contribution in [3.8, 4) is 11.5 Å². The molecule has 0 aliphatic heterocycles. The first-order valence-corrected chi connectivity index (χ1v) is 8.79. The molecule has 1 aliphatic carbocycles. The van der Waals surface area contributed by atoms with Crippen molar-refractivity contribution >= 4 is 21.8 Å². The van der Waals surface area contributed by atoms with Crippen molar-refractivity contribution in [2.24, 2.45) is 0 Å². The summed E-state index contributed by atoms with van der Waals surface area (Å²) in [6.45, 7) is 0.347. The van der Waals surface area contributed by atoms with Crippen molar-refractivity contribution in [1.82, 2.24) is 4.90 Å². The second kappa shape index (κ2) is 7.44. The molecule has 0 atom stereocenters. The van der Waals surface area contributed by atoms with Gasteiger partial charge in [-0.1, -0.05) is 15.9 Å². The highest BCUT2D eigenvalue weighted by Crippen LogP contribution is 2.33. The Bertz CT molecular complexity index is 792. The van der Waals surface area contributed by atoms with Crippen LogP contribution in [0.1, 0.15) is 28.8 Å². The minimum Gasteiger partial charge on any atom is -0.497 e. The van der Waals surface area contributed by atoms with Crippen LogP contribution in [-0.4, -0.2) is 31.1 Å². The highest BCUT2D eigenvalue weighted by Gasteiger charge is 2.34. The number of hydrogen-bond donors (Lipinski definition) is 0. The Morgan fingerprint density at radius 3 is 2.56 bits per heavy atom. The van der Waals surface area contributed by atoms with E-state index in [0.717, 1.165) is 18.4 Å². The van der Waals surface area contributed by atoms with Gasteiger partial charge in [0.15, 0.2) is 0 Å². The van der Waals surface area contributed by atoms with Gasteiger partial charge in [-0.2, -0.15) is 0 Å². The third-order valence-electron chi connectivity index (χ3n) is 4.24. The van der Waals surface area contributed by atoms with Gasteiger partial charge in [0.25, 0.3) is 5.91 Å². The Labute approximate surface area is 154 Å². The predicted octanol–water partition coefficient (Wildman–Crippen LogP) is 4.41. The molecule has 0 radical (unpaired) electrons. The molecule has 1 amide bonds. The van der Waals surface area contributed by atoms with E-state index in [0.29, 0.717) is 22.5 Å². The lowest BCUT2D eigenvalue weighted by Gasteiger charge is -2.24. The van der Waals surface area contributed by atoms with E-state index in [9.17, 15) is 9.18 Å². The first-order valence-electron chi connectivity index (χ1n) is 8.00. The maximum Gasteiger partial charge on any atom is 0.257 e. The normalized spacial score (nSPS) is 13.4. The molecule has 1 saturated carbocycles. The van der Waals surface area contributed by atoms with Crippen LogP contribution in [0.25, 0.3) is 0 Å². The van der Waals surface area contributed by atoms with Gasteiger partial charge in [-0.05, 0) is 49.2 Å². The molecule has 0 N–H and O–H groups in total. The molecule has 0 aromatic heterocycles. The van der Waals surface area contributed by atoms with Gasteiger partial charge in [0, 0.05) is 16.1 Å². The minimum atomic E-state index is -0.525. The van der Waals surface area contributed by atoms with Crippen molar-refractivity contribution in [2.45, 2.75) is 25.4 Å². The summed E-state index contributed by atoms with van der Waals surface area (Å²) < 4.78 is 25.5. The summed E-state index contributed by atoms with van der Waals surface area (Å²) in [5.41, 5.74) is 0.914. The van der Waals surface area contributed by atoms with Crippen LogP contribution in [-0.2, 0) is 6.54 Å². The Morgan fingerprint density at radius 1 is 1.20 bits per heavy atom. The molecule has 0 heterocycles. The molecular weight excluding hydrogens is 389 g/mol. The molecule has 1 aliphatic rings. The van der Waals surface area contributed by atoms with Gasteiger partial charge >= 0.3 is 0 Å². The van der Waals surface area contributed by atoms with Crippen LogP contribution in [0.5, 0.6) is 11.5 Å². The van der Waals surface area contributed by atoms with E-state index in [1.165, 1.54) is 12.1 Å². The quantitative estimate of drug-likeness (QED) is 0.711. The number of hydrogen-bond acceptors (Lipinski definition) is 3. The molecule has 2 aromatic carbocycles. The molecule has 0 saturated heterocycles. The van der Waals surface area contributed by atoms with E-state index >= 15 is 0 Å². The highest BCUT2D eigenvalue weighted by molar-refractivity contribution is 9.10. The molecule has 0 unspecified atom stereocenters. The average molecular weight is 408 g/mol. The van der Waals surface area contributed by atoms with Gasteiger partial charge in [-0.3, -0.25) is 4.79 Å². The summed E-state index contributed by atoms with van der Waals surface area (Å²) in [4.78, 5) is 14.6. The lowest BCUT2D eigenvalue weighted by molar-refractivity contribution is 0.0724.